The van der Waals surface area contributed by atoms with Crippen LogP contribution in [0.4, 0.5) is 0 Å². The van der Waals surface area contributed by atoms with Crippen LogP contribution in [0, 0.1) is 5.92 Å². The summed E-state index contributed by atoms with van der Waals surface area (Å²) in [6.45, 7) is 5.40. The number of hydrogen-bond acceptors (Lipinski definition) is 3. The second kappa shape index (κ2) is 6.87. The van der Waals surface area contributed by atoms with Crippen LogP contribution in [0.2, 0.25) is 0 Å². The molecular formula is C13H25NOS. The summed E-state index contributed by atoms with van der Waals surface area (Å²) < 4.78 is 5.40. The Balaban J connectivity index is 1.64. The molecule has 0 bridgehead atoms. The fourth-order valence-corrected chi connectivity index (χ4v) is 3.67. The molecule has 1 unspecified atom stereocenters. The third-order valence-electron chi connectivity index (χ3n) is 3.53. The predicted octanol–water partition coefficient (Wildman–Crippen LogP) is 2.68. The van der Waals surface area contributed by atoms with Gasteiger partial charge in [-0.1, -0.05) is 6.92 Å². The van der Waals surface area contributed by atoms with Gasteiger partial charge < -0.3 is 10.1 Å². The van der Waals surface area contributed by atoms with Crippen molar-refractivity contribution in [2.24, 2.45) is 5.92 Å². The van der Waals surface area contributed by atoms with Crippen LogP contribution in [0.1, 0.15) is 39.0 Å². The Morgan fingerprint density at radius 1 is 1.25 bits per heavy atom. The number of thioether (sulfide) groups is 1. The van der Waals surface area contributed by atoms with Gasteiger partial charge in [0.2, 0.25) is 0 Å². The maximum Gasteiger partial charge on any atom is 0.0476 e. The summed E-state index contributed by atoms with van der Waals surface area (Å²) >= 11 is 2.18. The molecule has 1 aliphatic heterocycles. The number of rotatable bonds is 7. The molecule has 94 valence electrons. The zero-order valence-electron chi connectivity index (χ0n) is 10.4. The summed E-state index contributed by atoms with van der Waals surface area (Å²) in [5.74, 6) is 2.30. The van der Waals surface area contributed by atoms with E-state index in [4.69, 9.17) is 4.74 Å². The summed E-state index contributed by atoms with van der Waals surface area (Å²) in [4.78, 5) is 0. The van der Waals surface area contributed by atoms with E-state index in [0.29, 0.717) is 0 Å². The van der Waals surface area contributed by atoms with Crippen molar-refractivity contribution >= 4 is 11.8 Å². The first-order chi connectivity index (χ1) is 7.90. The van der Waals surface area contributed by atoms with Crippen LogP contribution in [-0.2, 0) is 4.74 Å². The third-order valence-corrected chi connectivity index (χ3v) is 5.02. The van der Waals surface area contributed by atoms with Gasteiger partial charge in [-0.2, -0.15) is 11.8 Å². The van der Waals surface area contributed by atoms with Gasteiger partial charge in [0.05, 0.1) is 0 Å². The largest absolute Gasteiger partial charge is 0.381 e. The molecule has 1 aliphatic carbocycles. The van der Waals surface area contributed by atoms with Gasteiger partial charge in [-0.25, -0.2) is 0 Å². The van der Waals surface area contributed by atoms with Crippen molar-refractivity contribution in [1.82, 2.24) is 5.32 Å². The average molecular weight is 243 g/mol. The topological polar surface area (TPSA) is 21.3 Å². The summed E-state index contributed by atoms with van der Waals surface area (Å²) in [7, 11) is 0. The summed E-state index contributed by atoms with van der Waals surface area (Å²) in [6, 6.07) is 0.785. The monoisotopic (exact) mass is 243 g/mol. The van der Waals surface area contributed by atoms with Gasteiger partial charge in [0.1, 0.15) is 0 Å². The zero-order valence-corrected chi connectivity index (χ0v) is 11.2. The van der Waals surface area contributed by atoms with Crippen molar-refractivity contribution in [3.8, 4) is 0 Å². The van der Waals surface area contributed by atoms with E-state index in [2.05, 4.69) is 24.0 Å². The maximum atomic E-state index is 5.40. The molecule has 2 rings (SSSR count). The van der Waals surface area contributed by atoms with Crippen LogP contribution in [0.25, 0.3) is 0 Å². The van der Waals surface area contributed by atoms with Crippen LogP contribution in [0.3, 0.4) is 0 Å². The lowest BCUT2D eigenvalue weighted by molar-refractivity contribution is 0.1000. The Morgan fingerprint density at radius 3 is 2.62 bits per heavy atom. The fraction of sp³-hybridized carbons (Fsp3) is 1.00. The quantitative estimate of drug-likeness (QED) is 0.743. The lowest BCUT2D eigenvalue weighted by atomic mass is 10.2. The molecule has 1 saturated carbocycles. The van der Waals surface area contributed by atoms with Crippen molar-refractivity contribution in [2.75, 3.05) is 25.5 Å². The van der Waals surface area contributed by atoms with Crippen LogP contribution >= 0.6 is 11.8 Å². The molecule has 1 N–H and O–H groups in total. The molecule has 0 amide bonds. The molecule has 0 aromatic heterocycles. The minimum absolute atomic E-state index is 0.785. The number of ether oxygens (including phenoxy) is 1. The molecule has 1 saturated heterocycles. The van der Waals surface area contributed by atoms with E-state index in [1.807, 2.05) is 0 Å². The van der Waals surface area contributed by atoms with Gasteiger partial charge in [0, 0.05) is 30.3 Å². The minimum atomic E-state index is 0.785. The van der Waals surface area contributed by atoms with Crippen LogP contribution in [0.5, 0.6) is 0 Å². The third kappa shape index (κ3) is 4.27. The Bertz CT molecular complexity index is 190. The van der Waals surface area contributed by atoms with Crippen LogP contribution in [0.15, 0.2) is 0 Å². The smallest absolute Gasteiger partial charge is 0.0476 e. The number of nitrogens with one attached hydrogen (secondary N) is 1. The van der Waals surface area contributed by atoms with Gasteiger partial charge >= 0.3 is 0 Å². The van der Waals surface area contributed by atoms with E-state index in [1.54, 1.807) is 0 Å². The molecule has 2 nitrogen and oxygen atoms in total. The maximum absolute atomic E-state index is 5.40. The molecule has 0 aromatic carbocycles. The first-order valence-electron chi connectivity index (χ1n) is 6.83. The van der Waals surface area contributed by atoms with E-state index >= 15 is 0 Å². The molecule has 16 heavy (non-hydrogen) atoms. The van der Waals surface area contributed by atoms with E-state index in [9.17, 15) is 0 Å². The van der Waals surface area contributed by atoms with Crippen LogP contribution in [-0.4, -0.2) is 36.8 Å². The highest BCUT2D eigenvalue weighted by Gasteiger charge is 2.31. The van der Waals surface area contributed by atoms with E-state index in [-0.39, 0.29) is 0 Å². The lowest BCUT2D eigenvalue weighted by Gasteiger charge is -2.24. The van der Waals surface area contributed by atoms with Gasteiger partial charge in [0.15, 0.2) is 0 Å². The van der Waals surface area contributed by atoms with Gasteiger partial charge in [-0.05, 0) is 44.6 Å². The highest BCUT2D eigenvalue weighted by atomic mass is 32.2. The SMILES string of the molecule is CCCNC(CSC1CCOCC1)C1CC1. The van der Waals surface area contributed by atoms with Crippen molar-refractivity contribution in [3.05, 3.63) is 0 Å². The highest BCUT2D eigenvalue weighted by molar-refractivity contribution is 7.99. The predicted molar refractivity (Wildman–Crippen MR) is 71.1 cm³/mol. The van der Waals surface area contributed by atoms with Crippen LogP contribution < -0.4 is 5.32 Å². The lowest BCUT2D eigenvalue weighted by Crippen LogP contribution is -2.35. The van der Waals surface area contributed by atoms with E-state index < -0.39 is 0 Å². The average Bonchev–Trinajstić information content (AvgIpc) is 3.15. The number of hydrogen-bond donors (Lipinski definition) is 1. The molecule has 1 heterocycles. The molecule has 2 aliphatic rings. The minimum Gasteiger partial charge on any atom is -0.381 e. The Kier molecular flexibility index (Phi) is 5.46. The highest BCUT2D eigenvalue weighted by Crippen LogP contribution is 2.35. The van der Waals surface area contributed by atoms with Gasteiger partial charge in [-0.3, -0.25) is 0 Å². The molecular weight excluding hydrogens is 218 g/mol. The summed E-state index contributed by atoms with van der Waals surface area (Å²) in [5.41, 5.74) is 0. The summed E-state index contributed by atoms with van der Waals surface area (Å²) in [5, 5.41) is 4.58. The van der Waals surface area contributed by atoms with Gasteiger partial charge in [-0.15, -0.1) is 0 Å². The van der Waals surface area contributed by atoms with Crippen molar-refractivity contribution < 1.29 is 4.74 Å². The molecule has 3 heteroatoms. The second-order valence-corrected chi connectivity index (χ2v) is 6.38. The standard InChI is InChI=1S/C13H25NOS/c1-2-7-14-13(11-3-4-11)10-16-12-5-8-15-9-6-12/h11-14H,2-10H2,1H3. The molecule has 0 aromatic rings. The fourth-order valence-electron chi connectivity index (χ4n) is 2.27. The molecule has 1 atom stereocenters. The molecule has 2 fully saturated rings. The zero-order chi connectivity index (χ0) is 11.2. The van der Waals surface area contributed by atoms with Gasteiger partial charge in [0.25, 0.3) is 0 Å². The molecule has 0 radical (unpaired) electrons. The first-order valence-corrected chi connectivity index (χ1v) is 7.87. The second-order valence-electron chi connectivity index (χ2n) is 5.04. The Morgan fingerprint density at radius 2 is 2.00 bits per heavy atom. The normalized spacial score (nSPS) is 24.6. The molecule has 0 spiro atoms. The Hall–Kier alpha value is 0.270. The van der Waals surface area contributed by atoms with Crippen molar-refractivity contribution in [2.45, 2.75) is 50.3 Å². The van der Waals surface area contributed by atoms with E-state index in [0.717, 1.165) is 30.4 Å². The van der Waals surface area contributed by atoms with E-state index in [1.165, 1.54) is 44.4 Å². The Labute approximate surface area is 104 Å². The van der Waals surface area contributed by atoms with Crippen molar-refractivity contribution in [3.63, 3.8) is 0 Å². The first kappa shape index (κ1) is 12.7. The van der Waals surface area contributed by atoms with Crippen molar-refractivity contribution in [1.29, 1.82) is 0 Å². The summed E-state index contributed by atoms with van der Waals surface area (Å²) in [6.07, 6.45) is 6.68.